The Hall–Kier alpha value is -1.24. The maximum absolute atomic E-state index is 12.8. The van der Waals surface area contributed by atoms with Crippen LogP contribution in [0.25, 0.3) is 0 Å². The molecule has 3 heterocycles. The lowest BCUT2D eigenvalue weighted by Gasteiger charge is -2.30. The molecule has 1 saturated heterocycles. The molecule has 0 aliphatic carbocycles. The van der Waals surface area contributed by atoms with Crippen LogP contribution in [0.1, 0.15) is 18.4 Å². The monoisotopic (exact) mass is 318 g/mol. The van der Waals surface area contributed by atoms with Gasteiger partial charge in [-0.2, -0.15) is 0 Å². The lowest BCUT2D eigenvalue weighted by molar-refractivity contribution is -0.126. The summed E-state index contributed by atoms with van der Waals surface area (Å²) < 4.78 is 5.62. The first kappa shape index (κ1) is 13.4. The van der Waals surface area contributed by atoms with Crippen molar-refractivity contribution in [3.63, 3.8) is 0 Å². The second-order valence-electron chi connectivity index (χ2n) is 5.36. The van der Waals surface area contributed by atoms with Gasteiger partial charge in [0, 0.05) is 17.1 Å². The summed E-state index contributed by atoms with van der Waals surface area (Å²) in [5.41, 5.74) is 1.86. The van der Waals surface area contributed by atoms with E-state index in [0.29, 0.717) is 11.7 Å². The lowest BCUT2D eigenvalue weighted by atomic mass is 10.1. The number of thiocarbonyl (C=S) groups is 1. The van der Waals surface area contributed by atoms with Gasteiger partial charge in [0.2, 0.25) is 11.0 Å². The molecule has 0 N–H and O–H groups in total. The topological polar surface area (TPSA) is 41.9 Å². The van der Waals surface area contributed by atoms with E-state index < -0.39 is 0 Å². The standard InChI is InChI=1S/C15H14N2O2S2/c18-14-13-12(10-5-1-2-6-11(10)21-13)16-15(20)17(14)8-9-4-3-7-19-9/h1-2,5-6,9,13H,3-4,7-8H2. The first-order chi connectivity index (χ1) is 10.2. The van der Waals surface area contributed by atoms with Gasteiger partial charge in [-0.15, -0.1) is 11.8 Å². The number of thioether (sulfide) groups is 1. The largest absolute Gasteiger partial charge is 0.376 e. The summed E-state index contributed by atoms with van der Waals surface area (Å²) in [6, 6.07) is 7.99. The van der Waals surface area contributed by atoms with Gasteiger partial charge in [0.1, 0.15) is 5.25 Å². The van der Waals surface area contributed by atoms with E-state index in [2.05, 4.69) is 4.99 Å². The van der Waals surface area contributed by atoms with E-state index in [-0.39, 0.29) is 17.3 Å². The van der Waals surface area contributed by atoms with E-state index in [1.54, 1.807) is 16.7 Å². The molecule has 4 rings (SSSR count). The maximum Gasteiger partial charge on any atom is 0.248 e. The minimum atomic E-state index is -0.254. The highest BCUT2D eigenvalue weighted by Gasteiger charge is 2.42. The van der Waals surface area contributed by atoms with Gasteiger partial charge in [0.15, 0.2) is 0 Å². The van der Waals surface area contributed by atoms with Crippen molar-refractivity contribution in [1.29, 1.82) is 0 Å². The van der Waals surface area contributed by atoms with Crippen molar-refractivity contribution in [2.75, 3.05) is 13.2 Å². The predicted octanol–water partition coefficient (Wildman–Crippen LogP) is 2.26. The van der Waals surface area contributed by atoms with Crippen LogP contribution in [-0.4, -0.2) is 46.1 Å². The Kier molecular flexibility index (Phi) is 3.32. The van der Waals surface area contributed by atoms with Gasteiger partial charge in [-0.3, -0.25) is 9.69 Å². The van der Waals surface area contributed by atoms with Crippen molar-refractivity contribution in [3.8, 4) is 0 Å². The number of carbonyl (C=O) groups excluding carboxylic acids is 1. The molecule has 2 unspecified atom stereocenters. The summed E-state index contributed by atoms with van der Waals surface area (Å²) in [7, 11) is 0. The van der Waals surface area contributed by atoms with Gasteiger partial charge >= 0.3 is 0 Å². The molecule has 0 aromatic heterocycles. The molecular weight excluding hydrogens is 304 g/mol. The predicted molar refractivity (Wildman–Crippen MR) is 85.9 cm³/mol. The molecule has 3 aliphatic rings. The van der Waals surface area contributed by atoms with Crippen molar-refractivity contribution in [2.24, 2.45) is 4.99 Å². The molecule has 4 nitrogen and oxygen atoms in total. The summed E-state index contributed by atoms with van der Waals surface area (Å²) in [5, 5.41) is 0.120. The Morgan fingerprint density at radius 1 is 1.43 bits per heavy atom. The van der Waals surface area contributed by atoms with Gasteiger partial charge in [0.25, 0.3) is 0 Å². The molecule has 0 bridgehead atoms. The van der Waals surface area contributed by atoms with Gasteiger partial charge < -0.3 is 4.74 Å². The second kappa shape index (κ2) is 5.19. The van der Waals surface area contributed by atoms with Crippen LogP contribution < -0.4 is 0 Å². The smallest absolute Gasteiger partial charge is 0.248 e. The normalized spacial score (nSPS) is 27.6. The molecule has 6 heteroatoms. The Morgan fingerprint density at radius 3 is 3.10 bits per heavy atom. The summed E-state index contributed by atoms with van der Waals surface area (Å²) in [5.74, 6) is 0.0432. The van der Waals surface area contributed by atoms with Gasteiger partial charge in [-0.1, -0.05) is 18.2 Å². The van der Waals surface area contributed by atoms with Crippen molar-refractivity contribution in [1.82, 2.24) is 4.90 Å². The number of hydrogen-bond acceptors (Lipinski definition) is 4. The van der Waals surface area contributed by atoms with Crippen molar-refractivity contribution in [3.05, 3.63) is 29.8 Å². The quantitative estimate of drug-likeness (QED) is 0.785. The van der Waals surface area contributed by atoms with Crippen LogP contribution in [0, 0.1) is 0 Å². The third-order valence-corrected chi connectivity index (χ3v) is 5.59. The average Bonchev–Trinajstić information content (AvgIpc) is 3.11. The highest BCUT2D eigenvalue weighted by atomic mass is 32.2. The summed E-state index contributed by atoms with van der Waals surface area (Å²) >= 11 is 6.91. The molecule has 3 aliphatic heterocycles. The average molecular weight is 318 g/mol. The summed E-state index contributed by atoms with van der Waals surface area (Å²) in [4.78, 5) is 20.0. The molecular formula is C15H14N2O2S2. The molecule has 1 aromatic rings. The minimum absolute atomic E-state index is 0.0432. The Balaban J connectivity index is 1.63. The van der Waals surface area contributed by atoms with Crippen LogP contribution in [0.5, 0.6) is 0 Å². The van der Waals surface area contributed by atoms with Crippen LogP contribution in [0.3, 0.4) is 0 Å². The van der Waals surface area contributed by atoms with Gasteiger partial charge in [-0.05, 0) is 31.1 Å². The van der Waals surface area contributed by atoms with Gasteiger partial charge in [-0.25, -0.2) is 4.99 Å². The Morgan fingerprint density at radius 2 is 2.29 bits per heavy atom. The van der Waals surface area contributed by atoms with E-state index in [0.717, 1.165) is 35.6 Å². The van der Waals surface area contributed by atoms with E-state index in [9.17, 15) is 4.79 Å². The highest BCUT2D eigenvalue weighted by Crippen LogP contribution is 2.40. The van der Waals surface area contributed by atoms with Crippen molar-refractivity contribution >= 4 is 40.7 Å². The molecule has 1 amide bonds. The molecule has 1 aromatic carbocycles. The molecule has 21 heavy (non-hydrogen) atoms. The number of amides is 1. The summed E-state index contributed by atoms with van der Waals surface area (Å²) in [6.45, 7) is 1.31. The first-order valence-electron chi connectivity index (χ1n) is 7.05. The summed E-state index contributed by atoms with van der Waals surface area (Å²) in [6.07, 6.45) is 2.14. The molecule has 2 atom stereocenters. The lowest BCUT2D eigenvalue weighted by Crippen LogP contribution is -2.49. The maximum atomic E-state index is 12.8. The number of ether oxygens (including phenoxy) is 1. The van der Waals surface area contributed by atoms with E-state index in [1.165, 1.54) is 0 Å². The number of hydrogen-bond donors (Lipinski definition) is 0. The van der Waals surface area contributed by atoms with E-state index >= 15 is 0 Å². The third kappa shape index (κ3) is 2.22. The third-order valence-electron chi connectivity index (χ3n) is 4.00. The zero-order valence-electron chi connectivity index (χ0n) is 11.3. The van der Waals surface area contributed by atoms with Crippen molar-refractivity contribution in [2.45, 2.75) is 29.1 Å². The number of rotatable bonds is 2. The van der Waals surface area contributed by atoms with Crippen LogP contribution in [0.2, 0.25) is 0 Å². The second-order valence-corrected chi connectivity index (χ2v) is 6.87. The SMILES string of the molecule is O=C1C2Sc3ccccc3C2=NC(=S)N1CC1CCCO1. The Labute approximate surface area is 132 Å². The molecule has 1 fully saturated rings. The van der Waals surface area contributed by atoms with Crippen molar-refractivity contribution < 1.29 is 9.53 Å². The fourth-order valence-electron chi connectivity index (χ4n) is 2.95. The number of fused-ring (bicyclic) bond motifs is 3. The number of carbonyl (C=O) groups is 1. The highest BCUT2D eigenvalue weighted by molar-refractivity contribution is 8.02. The number of benzene rings is 1. The fourth-order valence-corrected chi connectivity index (χ4v) is 4.44. The van der Waals surface area contributed by atoms with Crippen LogP contribution in [0.15, 0.2) is 34.2 Å². The zero-order valence-corrected chi connectivity index (χ0v) is 13.0. The van der Waals surface area contributed by atoms with Crippen LogP contribution >= 0.6 is 24.0 Å². The fraction of sp³-hybridized carbons (Fsp3) is 0.400. The molecule has 0 spiro atoms. The van der Waals surface area contributed by atoms with Gasteiger partial charge in [0.05, 0.1) is 18.4 Å². The minimum Gasteiger partial charge on any atom is -0.376 e. The van der Waals surface area contributed by atoms with Crippen LogP contribution in [0.4, 0.5) is 0 Å². The van der Waals surface area contributed by atoms with E-state index in [4.69, 9.17) is 17.0 Å². The first-order valence-corrected chi connectivity index (χ1v) is 8.34. The molecule has 0 radical (unpaired) electrons. The molecule has 0 saturated carbocycles. The number of nitrogens with zero attached hydrogens (tertiary/aromatic N) is 2. The zero-order chi connectivity index (χ0) is 14.4. The number of aliphatic imine (C=N–C) groups is 1. The Bertz CT molecular complexity index is 653. The molecule has 108 valence electrons. The van der Waals surface area contributed by atoms with E-state index in [1.807, 2.05) is 24.3 Å². The van der Waals surface area contributed by atoms with Crippen LogP contribution in [-0.2, 0) is 9.53 Å².